The van der Waals surface area contributed by atoms with Crippen molar-refractivity contribution in [3.05, 3.63) is 41.3 Å². The third kappa shape index (κ3) is 6.39. The summed E-state index contributed by atoms with van der Waals surface area (Å²) in [4.78, 5) is 4.23. The highest BCUT2D eigenvalue weighted by Gasteiger charge is 2.16. The zero-order valence-corrected chi connectivity index (χ0v) is 17.8. The van der Waals surface area contributed by atoms with Gasteiger partial charge in [-0.05, 0) is 43.0 Å². The van der Waals surface area contributed by atoms with Crippen LogP contribution in [0.15, 0.2) is 29.3 Å². The molecule has 9 heteroatoms. The Hall–Kier alpha value is -2.35. The van der Waals surface area contributed by atoms with Crippen LogP contribution < -0.4 is 16.8 Å². The van der Waals surface area contributed by atoms with Gasteiger partial charge in [0.1, 0.15) is 23.3 Å². The molecule has 2 rings (SSSR count). The third-order valence-electron chi connectivity index (χ3n) is 3.70. The summed E-state index contributed by atoms with van der Waals surface area (Å²) in [5.41, 5.74) is 13.4. The van der Waals surface area contributed by atoms with E-state index in [1.54, 1.807) is 12.1 Å². The molecule has 5 N–H and O–H groups in total. The quantitative estimate of drug-likeness (QED) is 0.241. The van der Waals surface area contributed by atoms with Crippen LogP contribution in [0.5, 0.6) is 0 Å². The van der Waals surface area contributed by atoms with Crippen molar-refractivity contribution in [2.24, 2.45) is 16.6 Å². The van der Waals surface area contributed by atoms with Gasteiger partial charge < -0.3 is 16.8 Å². The van der Waals surface area contributed by atoms with E-state index in [9.17, 15) is 9.65 Å². The molecule has 2 aromatic rings. The number of nitrogens with two attached hydrogens (primary N) is 2. The van der Waals surface area contributed by atoms with Gasteiger partial charge in [0.05, 0.1) is 11.4 Å². The zero-order chi connectivity index (χ0) is 19.1. The van der Waals surface area contributed by atoms with Crippen molar-refractivity contribution in [2.75, 3.05) is 18.8 Å². The second kappa shape index (κ2) is 10.7. The maximum atomic E-state index is 13.1. The Labute approximate surface area is 175 Å². The van der Waals surface area contributed by atoms with Crippen LogP contribution in [0.4, 0.5) is 10.2 Å². The first-order chi connectivity index (χ1) is 12.4. The van der Waals surface area contributed by atoms with Crippen molar-refractivity contribution < 1.29 is 4.39 Å². The van der Waals surface area contributed by atoms with Crippen LogP contribution in [0.2, 0.25) is 0 Å². The zero-order valence-electron chi connectivity index (χ0n) is 15.4. The molecule has 0 atom stereocenters. The van der Waals surface area contributed by atoms with Crippen molar-refractivity contribution in [3.8, 4) is 11.8 Å². The van der Waals surface area contributed by atoms with Crippen LogP contribution >= 0.6 is 24.0 Å². The molecule has 0 bridgehead atoms. The topological polar surface area (TPSA) is 118 Å². The normalized spacial score (nSPS) is 11.1. The van der Waals surface area contributed by atoms with Crippen LogP contribution in [-0.4, -0.2) is 28.8 Å². The van der Waals surface area contributed by atoms with E-state index in [1.165, 1.54) is 16.8 Å². The highest BCUT2D eigenvalue weighted by molar-refractivity contribution is 14.0. The molecule has 0 saturated carbocycles. The van der Waals surface area contributed by atoms with Crippen molar-refractivity contribution in [2.45, 2.75) is 26.7 Å². The number of halogens is 2. The lowest BCUT2D eigenvalue weighted by atomic mass is 10.1. The minimum atomic E-state index is -0.344. The molecule has 0 amide bonds. The largest absolute Gasteiger partial charge is 0.382 e. The van der Waals surface area contributed by atoms with E-state index in [-0.39, 0.29) is 35.6 Å². The van der Waals surface area contributed by atoms with Gasteiger partial charge in [0.25, 0.3) is 0 Å². The predicted octanol–water partition coefficient (Wildman–Crippen LogP) is 2.58. The minimum Gasteiger partial charge on any atom is -0.382 e. The summed E-state index contributed by atoms with van der Waals surface area (Å²) in [7, 11) is 0. The second-order valence-corrected chi connectivity index (χ2v) is 6.36. The number of aryl methyl sites for hydroxylation is 1. The van der Waals surface area contributed by atoms with Gasteiger partial charge in [-0.1, -0.05) is 13.8 Å². The van der Waals surface area contributed by atoms with E-state index in [2.05, 4.69) is 35.3 Å². The van der Waals surface area contributed by atoms with Gasteiger partial charge >= 0.3 is 0 Å². The number of hydrogen-bond donors (Lipinski definition) is 3. The van der Waals surface area contributed by atoms with E-state index in [0.29, 0.717) is 54.8 Å². The van der Waals surface area contributed by atoms with E-state index in [4.69, 9.17) is 11.5 Å². The van der Waals surface area contributed by atoms with Crippen molar-refractivity contribution in [1.82, 2.24) is 15.1 Å². The molecule has 0 fully saturated rings. The monoisotopic (exact) mass is 485 g/mol. The highest BCUT2D eigenvalue weighted by Crippen LogP contribution is 2.21. The number of aliphatic imine (C=N–C) groups is 1. The number of benzene rings is 1. The first kappa shape index (κ1) is 22.7. The maximum absolute atomic E-state index is 13.1. The molecule has 1 aromatic carbocycles. The summed E-state index contributed by atoms with van der Waals surface area (Å²) < 4.78 is 14.5. The number of anilines is 1. The van der Waals surface area contributed by atoms with Crippen molar-refractivity contribution in [1.29, 1.82) is 5.26 Å². The molecule has 0 aliphatic rings. The standard InChI is InChI=1S/C18H24FN7.HI/c1-12(2)11-24-18(22)23-9-3-4-16-15(10-20)17(21)26(25-16)14-7-5-13(19)6-8-14;/h5-8,12H,3-4,9,11,21H2,1-2H3,(H3,22,23,24);1H. The summed E-state index contributed by atoms with van der Waals surface area (Å²) in [6.07, 6.45) is 1.28. The Bertz CT molecular complexity index is 806. The third-order valence-corrected chi connectivity index (χ3v) is 3.70. The van der Waals surface area contributed by atoms with Gasteiger partial charge in [0.15, 0.2) is 5.96 Å². The molecule has 0 saturated heterocycles. The van der Waals surface area contributed by atoms with E-state index in [0.717, 1.165) is 0 Å². The smallest absolute Gasteiger partial charge is 0.188 e. The number of aromatic nitrogens is 2. The van der Waals surface area contributed by atoms with Crippen LogP contribution in [0.1, 0.15) is 31.5 Å². The molecular formula is C18H25FIN7. The van der Waals surface area contributed by atoms with Gasteiger partial charge in [-0.3, -0.25) is 4.99 Å². The van der Waals surface area contributed by atoms with Crippen molar-refractivity contribution >= 4 is 35.8 Å². The Morgan fingerprint density at radius 2 is 2.04 bits per heavy atom. The fraction of sp³-hybridized carbons (Fsp3) is 0.389. The molecule has 1 aromatic heterocycles. The Balaban J connectivity index is 0.00000364. The summed E-state index contributed by atoms with van der Waals surface area (Å²) in [5, 5.41) is 16.8. The molecular weight excluding hydrogens is 460 g/mol. The van der Waals surface area contributed by atoms with Gasteiger partial charge in [-0.2, -0.15) is 10.4 Å². The minimum absolute atomic E-state index is 0. The Morgan fingerprint density at radius 1 is 1.37 bits per heavy atom. The number of rotatable bonds is 7. The second-order valence-electron chi connectivity index (χ2n) is 6.36. The first-order valence-electron chi connectivity index (χ1n) is 8.49. The lowest BCUT2D eigenvalue weighted by Crippen LogP contribution is -2.33. The van der Waals surface area contributed by atoms with E-state index >= 15 is 0 Å². The SMILES string of the molecule is CC(C)CN=C(N)NCCCc1nn(-c2ccc(F)cc2)c(N)c1C#N.I. The summed E-state index contributed by atoms with van der Waals surface area (Å²) in [6.45, 7) is 5.43. The van der Waals surface area contributed by atoms with Crippen molar-refractivity contribution in [3.63, 3.8) is 0 Å². The Morgan fingerprint density at radius 3 is 2.63 bits per heavy atom. The fourth-order valence-corrected chi connectivity index (χ4v) is 2.36. The van der Waals surface area contributed by atoms with Gasteiger partial charge in [0.2, 0.25) is 0 Å². The molecule has 0 unspecified atom stereocenters. The van der Waals surface area contributed by atoms with Crippen LogP contribution in [-0.2, 0) is 6.42 Å². The number of nitrogens with one attached hydrogen (secondary N) is 1. The van der Waals surface area contributed by atoms with Crippen LogP contribution in [0, 0.1) is 23.1 Å². The summed E-state index contributed by atoms with van der Waals surface area (Å²) in [5.74, 6) is 0.769. The lowest BCUT2D eigenvalue weighted by molar-refractivity contribution is 0.627. The molecule has 0 aliphatic heterocycles. The van der Waals surface area contributed by atoms with Crippen LogP contribution in [0.25, 0.3) is 5.69 Å². The lowest BCUT2D eigenvalue weighted by Gasteiger charge is -2.06. The summed E-state index contributed by atoms with van der Waals surface area (Å²) in [6, 6.07) is 7.88. The molecule has 1 heterocycles. The molecule has 27 heavy (non-hydrogen) atoms. The highest BCUT2D eigenvalue weighted by atomic mass is 127. The molecule has 146 valence electrons. The average Bonchev–Trinajstić information content (AvgIpc) is 2.93. The summed E-state index contributed by atoms with van der Waals surface area (Å²) >= 11 is 0. The maximum Gasteiger partial charge on any atom is 0.188 e. The number of nitrogens with zero attached hydrogens (tertiary/aromatic N) is 4. The van der Waals surface area contributed by atoms with Gasteiger partial charge in [0, 0.05) is 13.1 Å². The number of guanidine groups is 1. The van der Waals surface area contributed by atoms with E-state index < -0.39 is 0 Å². The molecule has 0 aliphatic carbocycles. The van der Waals surface area contributed by atoms with E-state index in [1.807, 2.05) is 0 Å². The van der Waals surface area contributed by atoms with Gasteiger partial charge in [-0.25, -0.2) is 9.07 Å². The molecule has 0 radical (unpaired) electrons. The van der Waals surface area contributed by atoms with Crippen LogP contribution in [0.3, 0.4) is 0 Å². The number of hydrogen-bond acceptors (Lipinski definition) is 4. The average molecular weight is 485 g/mol. The Kier molecular flexibility index (Phi) is 9.00. The fourth-order valence-electron chi connectivity index (χ4n) is 2.36. The molecule has 7 nitrogen and oxygen atoms in total. The number of nitriles is 1. The first-order valence-corrected chi connectivity index (χ1v) is 8.49. The molecule has 0 spiro atoms. The predicted molar refractivity (Wildman–Crippen MR) is 116 cm³/mol. The number of nitrogen functional groups attached to an aromatic ring is 1. The van der Waals surface area contributed by atoms with Gasteiger partial charge in [-0.15, -0.1) is 24.0 Å².